The molecule has 0 bridgehead atoms. The normalized spacial score (nSPS) is 18.4. The Bertz CT molecular complexity index is 793. The van der Waals surface area contributed by atoms with Crippen LogP contribution in [0.25, 0.3) is 11.1 Å². The highest BCUT2D eigenvalue weighted by molar-refractivity contribution is 5.79. The summed E-state index contributed by atoms with van der Waals surface area (Å²) in [4.78, 5) is 14.5. The number of carbonyl (C=O) groups excluding carboxylic acids is 1. The molecule has 0 spiro atoms. The zero-order chi connectivity index (χ0) is 20.1. The van der Waals surface area contributed by atoms with Crippen molar-refractivity contribution in [1.82, 2.24) is 10.2 Å². The third kappa shape index (κ3) is 4.46. The first-order chi connectivity index (χ1) is 14.3. The monoisotopic (exact) mass is 394 g/mol. The number of hydrogen-bond donors (Lipinski definition) is 2. The van der Waals surface area contributed by atoms with Crippen LogP contribution in [0.5, 0.6) is 0 Å². The molecule has 5 nitrogen and oxygen atoms in total. The quantitative estimate of drug-likeness (QED) is 0.669. The minimum atomic E-state index is -0.346. The van der Waals surface area contributed by atoms with Gasteiger partial charge in [-0.05, 0) is 61.0 Å². The first kappa shape index (κ1) is 19.9. The molecule has 1 amide bonds. The van der Waals surface area contributed by atoms with E-state index in [1.807, 2.05) is 12.1 Å². The lowest BCUT2D eigenvalue weighted by molar-refractivity contribution is 0.142. The molecule has 1 heterocycles. The Balaban J connectivity index is 1.21. The molecule has 1 unspecified atom stereocenters. The fourth-order valence-electron chi connectivity index (χ4n) is 4.68. The SMILES string of the molecule is O=C(NCCCCN1CCCC1CO)OCC1c2ccccc2-c2ccccc21. The van der Waals surface area contributed by atoms with Crippen LogP contribution in [0.15, 0.2) is 48.5 Å². The van der Waals surface area contributed by atoms with Crippen molar-refractivity contribution in [3.63, 3.8) is 0 Å². The predicted molar refractivity (Wildman–Crippen MR) is 114 cm³/mol. The first-order valence-corrected chi connectivity index (χ1v) is 10.7. The van der Waals surface area contributed by atoms with Gasteiger partial charge in [-0.2, -0.15) is 0 Å². The van der Waals surface area contributed by atoms with Crippen molar-refractivity contribution >= 4 is 6.09 Å². The van der Waals surface area contributed by atoms with Crippen molar-refractivity contribution in [3.05, 3.63) is 59.7 Å². The molecule has 4 rings (SSSR count). The molecular weight excluding hydrogens is 364 g/mol. The van der Waals surface area contributed by atoms with Gasteiger partial charge >= 0.3 is 6.09 Å². The lowest BCUT2D eigenvalue weighted by Crippen LogP contribution is -2.33. The topological polar surface area (TPSA) is 61.8 Å². The molecular formula is C24H30N2O3. The van der Waals surface area contributed by atoms with E-state index in [1.54, 1.807) is 0 Å². The van der Waals surface area contributed by atoms with Gasteiger partial charge < -0.3 is 15.2 Å². The summed E-state index contributed by atoms with van der Waals surface area (Å²) in [6.07, 6.45) is 3.85. The number of amides is 1. The van der Waals surface area contributed by atoms with E-state index < -0.39 is 0 Å². The lowest BCUT2D eigenvalue weighted by atomic mass is 9.98. The second-order valence-electron chi connectivity index (χ2n) is 7.97. The van der Waals surface area contributed by atoms with Gasteiger partial charge in [-0.25, -0.2) is 4.79 Å². The molecule has 2 aromatic rings. The van der Waals surface area contributed by atoms with Crippen molar-refractivity contribution in [2.24, 2.45) is 0 Å². The highest BCUT2D eigenvalue weighted by Crippen LogP contribution is 2.44. The van der Waals surface area contributed by atoms with E-state index in [9.17, 15) is 9.90 Å². The molecule has 1 aliphatic heterocycles. The summed E-state index contributed by atoms with van der Waals surface area (Å²) in [5, 5.41) is 12.2. The van der Waals surface area contributed by atoms with Crippen LogP contribution >= 0.6 is 0 Å². The van der Waals surface area contributed by atoms with Crippen molar-refractivity contribution in [2.75, 3.05) is 32.8 Å². The smallest absolute Gasteiger partial charge is 0.407 e. The van der Waals surface area contributed by atoms with Crippen molar-refractivity contribution in [2.45, 2.75) is 37.6 Å². The third-order valence-corrected chi connectivity index (χ3v) is 6.19. The Morgan fingerprint density at radius 3 is 2.45 bits per heavy atom. The van der Waals surface area contributed by atoms with Crippen LogP contribution in [0.3, 0.4) is 0 Å². The average Bonchev–Trinajstić information content (AvgIpc) is 3.34. The number of nitrogens with one attached hydrogen (secondary N) is 1. The van der Waals surface area contributed by atoms with E-state index >= 15 is 0 Å². The van der Waals surface area contributed by atoms with E-state index in [2.05, 4.69) is 46.6 Å². The van der Waals surface area contributed by atoms with Crippen LogP contribution in [0.4, 0.5) is 4.79 Å². The maximum absolute atomic E-state index is 12.2. The predicted octanol–water partition coefficient (Wildman–Crippen LogP) is 3.76. The zero-order valence-electron chi connectivity index (χ0n) is 16.8. The van der Waals surface area contributed by atoms with Gasteiger partial charge in [0, 0.05) is 18.5 Å². The van der Waals surface area contributed by atoms with Gasteiger partial charge in [0.1, 0.15) is 6.61 Å². The van der Waals surface area contributed by atoms with Gasteiger partial charge in [0.15, 0.2) is 0 Å². The summed E-state index contributed by atoms with van der Waals surface area (Å²) >= 11 is 0. The number of aliphatic hydroxyl groups excluding tert-OH is 1. The van der Waals surface area contributed by atoms with Gasteiger partial charge in [-0.3, -0.25) is 4.90 Å². The van der Waals surface area contributed by atoms with Gasteiger partial charge in [0.2, 0.25) is 0 Å². The number of aliphatic hydroxyl groups is 1. The zero-order valence-corrected chi connectivity index (χ0v) is 16.8. The Morgan fingerprint density at radius 2 is 1.76 bits per heavy atom. The Morgan fingerprint density at radius 1 is 1.07 bits per heavy atom. The number of nitrogens with zero attached hydrogens (tertiary/aromatic N) is 1. The number of rotatable bonds is 8. The number of ether oxygens (including phenoxy) is 1. The van der Waals surface area contributed by atoms with Gasteiger partial charge in [0.25, 0.3) is 0 Å². The van der Waals surface area contributed by atoms with Crippen LogP contribution in [0.1, 0.15) is 42.7 Å². The summed E-state index contributed by atoms with van der Waals surface area (Å²) in [5.74, 6) is 0.0960. The van der Waals surface area contributed by atoms with E-state index in [1.165, 1.54) is 28.7 Å². The lowest BCUT2D eigenvalue weighted by Gasteiger charge is -2.22. The molecule has 0 saturated carbocycles. The maximum atomic E-state index is 12.2. The molecule has 2 aromatic carbocycles. The standard InChI is InChI=1S/C24H30N2O3/c27-16-18-8-7-15-26(18)14-6-5-13-25-24(28)29-17-23-21-11-3-1-9-19(21)20-10-2-4-12-22(20)23/h1-4,9-12,18,23,27H,5-8,13-17H2,(H,25,28). The van der Waals surface area contributed by atoms with Crippen LogP contribution in [-0.2, 0) is 4.74 Å². The second-order valence-corrected chi connectivity index (χ2v) is 7.97. The summed E-state index contributed by atoms with van der Waals surface area (Å²) in [6, 6.07) is 17.0. The fourth-order valence-corrected chi connectivity index (χ4v) is 4.68. The minimum Gasteiger partial charge on any atom is -0.449 e. The number of likely N-dealkylation sites (tertiary alicyclic amines) is 1. The minimum absolute atomic E-state index is 0.0960. The molecule has 29 heavy (non-hydrogen) atoms. The van der Waals surface area contributed by atoms with E-state index in [4.69, 9.17) is 4.74 Å². The van der Waals surface area contributed by atoms with Crippen LogP contribution in [0.2, 0.25) is 0 Å². The van der Waals surface area contributed by atoms with E-state index in [-0.39, 0.29) is 18.6 Å². The van der Waals surface area contributed by atoms with Crippen LogP contribution < -0.4 is 5.32 Å². The molecule has 2 aliphatic rings. The largest absolute Gasteiger partial charge is 0.449 e. The Labute approximate surface area is 172 Å². The van der Waals surface area contributed by atoms with Crippen LogP contribution in [0, 0.1) is 0 Å². The summed E-state index contributed by atoms with van der Waals surface area (Å²) in [5.41, 5.74) is 4.93. The van der Waals surface area contributed by atoms with Gasteiger partial charge in [-0.15, -0.1) is 0 Å². The van der Waals surface area contributed by atoms with Gasteiger partial charge in [0.05, 0.1) is 6.61 Å². The summed E-state index contributed by atoms with van der Waals surface area (Å²) in [6.45, 7) is 3.28. The molecule has 1 aliphatic carbocycles. The summed E-state index contributed by atoms with van der Waals surface area (Å²) in [7, 11) is 0. The van der Waals surface area contributed by atoms with Gasteiger partial charge in [-0.1, -0.05) is 48.5 Å². The van der Waals surface area contributed by atoms with E-state index in [0.29, 0.717) is 19.2 Å². The molecule has 1 fully saturated rings. The van der Waals surface area contributed by atoms with Crippen molar-refractivity contribution in [1.29, 1.82) is 0 Å². The molecule has 1 saturated heterocycles. The Hall–Kier alpha value is -2.37. The molecule has 154 valence electrons. The second kappa shape index (κ2) is 9.42. The highest BCUT2D eigenvalue weighted by Gasteiger charge is 2.29. The number of carbonyl (C=O) groups is 1. The Kier molecular flexibility index (Phi) is 6.47. The fraction of sp³-hybridized carbons (Fsp3) is 0.458. The van der Waals surface area contributed by atoms with Crippen LogP contribution in [-0.4, -0.2) is 55.0 Å². The maximum Gasteiger partial charge on any atom is 0.407 e. The molecule has 1 atom stereocenters. The number of benzene rings is 2. The van der Waals surface area contributed by atoms with E-state index in [0.717, 1.165) is 32.4 Å². The van der Waals surface area contributed by atoms with Crippen molar-refractivity contribution in [3.8, 4) is 11.1 Å². The van der Waals surface area contributed by atoms with Crippen molar-refractivity contribution < 1.29 is 14.6 Å². The summed E-state index contributed by atoms with van der Waals surface area (Å²) < 4.78 is 5.56. The first-order valence-electron chi connectivity index (χ1n) is 10.7. The molecule has 2 N–H and O–H groups in total. The average molecular weight is 395 g/mol. The number of hydrogen-bond acceptors (Lipinski definition) is 4. The molecule has 0 aromatic heterocycles. The highest BCUT2D eigenvalue weighted by atomic mass is 16.5. The molecule has 0 radical (unpaired) electrons. The molecule has 5 heteroatoms. The third-order valence-electron chi connectivity index (χ3n) is 6.19. The number of fused-ring (bicyclic) bond motifs is 3. The number of alkyl carbamates (subject to hydrolysis) is 1. The number of unbranched alkanes of at least 4 members (excludes halogenated alkanes) is 1.